The first-order chi connectivity index (χ1) is 9.99. The lowest BCUT2D eigenvalue weighted by atomic mass is 10.1. The molecule has 2 aromatic carbocycles. The van der Waals surface area contributed by atoms with E-state index in [2.05, 4.69) is 21.2 Å². The third-order valence-corrected chi connectivity index (χ3v) is 4.44. The van der Waals surface area contributed by atoms with Crippen molar-refractivity contribution in [2.24, 2.45) is 5.73 Å². The second-order valence-corrected chi connectivity index (χ2v) is 6.58. The van der Waals surface area contributed by atoms with E-state index < -0.39 is 0 Å². The fourth-order valence-electron chi connectivity index (χ4n) is 1.98. The van der Waals surface area contributed by atoms with Gasteiger partial charge in [-0.3, -0.25) is 0 Å². The Labute approximate surface area is 147 Å². The van der Waals surface area contributed by atoms with Crippen LogP contribution in [0.1, 0.15) is 11.1 Å². The number of anilines is 1. The van der Waals surface area contributed by atoms with Crippen LogP contribution in [0.3, 0.4) is 0 Å². The van der Waals surface area contributed by atoms with Gasteiger partial charge < -0.3 is 11.1 Å². The smallest absolute Gasteiger partial charge is 0.107 e. The van der Waals surface area contributed by atoms with Crippen molar-refractivity contribution < 1.29 is 0 Å². The van der Waals surface area contributed by atoms with E-state index >= 15 is 0 Å². The van der Waals surface area contributed by atoms with E-state index in [-0.39, 0.29) is 0 Å². The van der Waals surface area contributed by atoms with Crippen molar-refractivity contribution in [3.63, 3.8) is 0 Å². The standard InChI is InChI=1S/C15H13BrCl2N2S/c16-11-2-1-3-13(14(11)15(19)21)20-7-6-9-4-5-10(17)8-12(9)18/h1-5,8,20H,6-7H2,(H2,19,21). The largest absolute Gasteiger partial charge is 0.389 e. The van der Waals surface area contributed by atoms with Gasteiger partial charge in [-0.15, -0.1) is 0 Å². The summed E-state index contributed by atoms with van der Waals surface area (Å²) in [4.78, 5) is 0.356. The van der Waals surface area contributed by atoms with Crippen LogP contribution in [0.4, 0.5) is 5.69 Å². The fraction of sp³-hybridized carbons (Fsp3) is 0.133. The van der Waals surface area contributed by atoms with Crippen LogP contribution in [-0.4, -0.2) is 11.5 Å². The second-order valence-electron chi connectivity index (χ2n) is 4.44. The van der Waals surface area contributed by atoms with E-state index in [1.165, 1.54) is 0 Å². The summed E-state index contributed by atoms with van der Waals surface area (Å²) in [6.07, 6.45) is 0.777. The van der Waals surface area contributed by atoms with Gasteiger partial charge in [-0.25, -0.2) is 0 Å². The molecular weight excluding hydrogens is 391 g/mol. The van der Waals surface area contributed by atoms with Gasteiger partial charge in [0.25, 0.3) is 0 Å². The van der Waals surface area contributed by atoms with Crippen LogP contribution in [0.25, 0.3) is 0 Å². The molecule has 2 rings (SSSR count). The van der Waals surface area contributed by atoms with Crippen LogP contribution in [0.2, 0.25) is 10.0 Å². The molecule has 0 unspecified atom stereocenters. The minimum Gasteiger partial charge on any atom is -0.389 e. The lowest BCUT2D eigenvalue weighted by molar-refractivity contribution is 1.02. The number of hydrogen-bond donors (Lipinski definition) is 2. The topological polar surface area (TPSA) is 38.0 Å². The van der Waals surface area contributed by atoms with Crippen LogP contribution in [-0.2, 0) is 6.42 Å². The SMILES string of the molecule is NC(=S)c1c(Br)cccc1NCCc1ccc(Cl)cc1Cl. The molecule has 0 spiro atoms. The molecule has 0 heterocycles. The maximum absolute atomic E-state index is 6.16. The maximum atomic E-state index is 6.16. The van der Waals surface area contributed by atoms with Gasteiger partial charge in [0.1, 0.15) is 4.99 Å². The van der Waals surface area contributed by atoms with Crippen molar-refractivity contribution in [1.82, 2.24) is 0 Å². The van der Waals surface area contributed by atoms with Crippen molar-refractivity contribution >= 4 is 62.0 Å². The molecule has 0 saturated carbocycles. The molecule has 0 saturated heterocycles. The Balaban J connectivity index is 2.07. The van der Waals surface area contributed by atoms with Gasteiger partial charge in [-0.05, 0) is 52.2 Å². The van der Waals surface area contributed by atoms with Gasteiger partial charge in [0.15, 0.2) is 0 Å². The molecule has 0 fully saturated rings. The van der Waals surface area contributed by atoms with E-state index in [4.69, 9.17) is 41.2 Å². The summed E-state index contributed by atoms with van der Waals surface area (Å²) >= 11 is 20.6. The van der Waals surface area contributed by atoms with E-state index in [1.807, 2.05) is 30.3 Å². The Morgan fingerprint density at radius 1 is 1.24 bits per heavy atom. The maximum Gasteiger partial charge on any atom is 0.107 e. The number of thiocarbonyl (C=S) groups is 1. The summed E-state index contributed by atoms with van der Waals surface area (Å²) in [5.41, 5.74) is 8.53. The zero-order chi connectivity index (χ0) is 15.4. The molecular formula is C15H13BrCl2N2S. The Morgan fingerprint density at radius 3 is 2.67 bits per heavy atom. The predicted octanol–water partition coefficient (Wildman–Crippen LogP) is 5.04. The minimum absolute atomic E-state index is 0.356. The summed E-state index contributed by atoms with van der Waals surface area (Å²) in [7, 11) is 0. The first kappa shape index (κ1) is 16.6. The number of benzene rings is 2. The normalized spacial score (nSPS) is 10.4. The highest BCUT2D eigenvalue weighted by Crippen LogP contribution is 2.25. The first-order valence-electron chi connectivity index (χ1n) is 6.25. The average Bonchev–Trinajstić information content (AvgIpc) is 2.41. The summed E-state index contributed by atoms with van der Waals surface area (Å²) < 4.78 is 0.879. The fourth-order valence-corrected chi connectivity index (χ4v) is 3.41. The van der Waals surface area contributed by atoms with Gasteiger partial charge in [0.2, 0.25) is 0 Å². The zero-order valence-electron chi connectivity index (χ0n) is 11.0. The Hall–Kier alpha value is -0.810. The summed E-state index contributed by atoms with van der Waals surface area (Å²) in [6.45, 7) is 0.716. The highest BCUT2D eigenvalue weighted by molar-refractivity contribution is 9.10. The highest BCUT2D eigenvalue weighted by Gasteiger charge is 2.09. The number of rotatable bonds is 5. The lowest BCUT2D eigenvalue weighted by Gasteiger charge is -2.13. The van der Waals surface area contributed by atoms with Gasteiger partial charge in [-0.1, -0.05) is 47.6 Å². The predicted molar refractivity (Wildman–Crippen MR) is 98.7 cm³/mol. The molecule has 0 aliphatic heterocycles. The zero-order valence-corrected chi connectivity index (χ0v) is 14.9. The van der Waals surface area contributed by atoms with Gasteiger partial charge in [-0.2, -0.15) is 0 Å². The minimum atomic E-state index is 0.356. The van der Waals surface area contributed by atoms with E-state index in [1.54, 1.807) is 6.07 Å². The third-order valence-electron chi connectivity index (χ3n) is 2.98. The van der Waals surface area contributed by atoms with Crippen LogP contribution >= 0.6 is 51.3 Å². The summed E-state index contributed by atoms with van der Waals surface area (Å²) in [5.74, 6) is 0. The highest BCUT2D eigenvalue weighted by atomic mass is 79.9. The molecule has 110 valence electrons. The first-order valence-corrected chi connectivity index (χ1v) is 8.21. The summed E-state index contributed by atoms with van der Waals surface area (Å²) in [5, 5.41) is 4.65. The Kier molecular flexibility index (Phi) is 5.88. The number of hydrogen-bond acceptors (Lipinski definition) is 2. The van der Waals surface area contributed by atoms with Gasteiger partial charge >= 0.3 is 0 Å². The molecule has 3 N–H and O–H groups in total. The molecule has 0 aromatic heterocycles. The Bertz CT molecular complexity index is 677. The monoisotopic (exact) mass is 402 g/mol. The number of nitrogens with one attached hydrogen (secondary N) is 1. The van der Waals surface area contributed by atoms with Crippen molar-refractivity contribution in [3.05, 3.63) is 62.0 Å². The van der Waals surface area contributed by atoms with Gasteiger partial charge in [0, 0.05) is 32.3 Å². The van der Waals surface area contributed by atoms with Crippen LogP contribution in [0, 0.1) is 0 Å². The molecule has 0 radical (unpaired) electrons. The molecule has 0 atom stereocenters. The number of nitrogens with two attached hydrogens (primary N) is 1. The average molecular weight is 404 g/mol. The molecule has 21 heavy (non-hydrogen) atoms. The van der Waals surface area contributed by atoms with Crippen LogP contribution in [0.15, 0.2) is 40.9 Å². The van der Waals surface area contributed by atoms with E-state index in [0.29, 0.717) is 21.6 Å². The molecule has 0 aliphatic carbocycles. The quantitative estimate of drug-likeness (QED) is 0.686. The lowest BCUT2D eigenvalue weighted by Crippen LogP contribution is -2.15. The number of halogens is 3. The Morgan fingerprint density at radius 2 is 2.00 bits per heavy atom. The molecule has 0 bridgehead atoms. The van der Waals surface area contributed by atoms with E-state index in [0.717, 1.165) is 27.7 Å². The molecule has 0 amide bonds. The van der Waals surface area contributed by atoms with Crippen LogP contribution in [0.5, 0.6) is 0 Å². The van der Waals surface area contributed by atoms with Crippen LogP contribution < -0.4 is 11.1 Å². The van der Waals surface area contributed by atoms with Crippen molar-refractivity contribution in [2.45, 2.75) is 6.42 Å². The summed E-state index contributed by atoms with van der Waals surface area (Å²) in [6, 6.07) is 11.3. The second kappa shape index (κ2) is 7.45. The third kappa shape index (κ3) is 4.33. The molecule has 6 heteroatoms. The molecule has 2 nitrogen and oxygen atoms in total. The molecule has 2 aromatic rings. The van der Waals surface area contributed by atoms with Crippen molar-refractivity contribution in [3.8, 4) is 0 Å². The van der Waals surface area contributed by atoms with Gasteiger partial charge in [0.05, 0.1) is 0 Å². The van der Waals surface area contributed by atoms with Crippen molar-refractivity contribution in [1.29, 1.82) is 0 Å². The van der Waals surface area contributed by atoms with Crippen molar-refractivity contribution in [2.75, 3.05) is 11.9 Å². The van der Waals surface area contributed by atoms with E-state index in [9.17, 15) is 0 Å². The molecule has 0 aliphatic rings.